The highest BCUT2D eigenvalue weighted by Gasteiger charge is 2.31. The lowest BCUT2D eigenvalue weighted by molar-refractivity contribution is -0.118. The number of benzene rings is 2. The quantitative estimate of drug-likeness (QED) is 0.742. The van der Waals surface area contributed by atoms with Gasteiger partial charge in [0.1, 0.15) is 12.4 Å². The van der Waals surface area contributed by atoms with Gasteiger partial charge in [-0.3, -0.25) is 14.9 Å². The normalized spacial score (nSPS) is 21.1. The summed E-state index contributed by atoms with van der Waals surface area (Å²) in [5.74, 6) is 0.637. The van der Waals surface area contributed by atoms with Crippen LogP contribution in [0.15, 0.2) is 48.5 Å². The Bertz CT molecular complexity index is 884. The molecule has 0 spiro atoms. The molecule has 4 rings (SSSR count). The Hall–Kier alpha value is -2.47. The van der Waals surface area contributed by atoms with E-state index in [1.54, 1.807) is 0 Å². The second-order valence-corrected chi connectivity index (χ2v) is 8.73. The summed E-state index contributed by atoms with van der Waals surface area (Å²) in [4.78, 5) is 25.5. The molecule has 1 fully saturated rings. The Morgan fingerprint density at radius 3 is 2.66 bits per heavy atom. The topological polar surface area (TPSA) is 58.6 Å². The van der Waals surface area contributed by atoms with Crippen LogP contribution in [0.3, 0.4) is 0 Å². The van der Waals surface area contributed by atoms with Gasteiger partial charge in [0.25, 0.3) is 5.24 Å². The lowest BCUT2D eigenvalue weighted by Gasteiger charge is -2.38. The Labute approximate surface area is 175 Å². The second-order valence-electron chi connectivity index (χ2n) is 7.56. The number of anilines is 1. The van der Waals surface area contributed by atoms with Crippen LogP contribution in [-0.4, -0.2) is 35.6 Å². The van der Waals surface area contributed by atoms with Gasteiger partial charge in [0.2, 0.25) is 5.91 Å². The number of fused-ring (bicyclic) bond motifs is 1. The Kier molecular flexibility index (Phi) is 6.09. The first-order chi connectivity index (χ1) is 14.1. The SMILES string of the molecule is CCCN1c2ccccc2CCC1COc1ccc(CC2SC(=O)NC2=O)cc1. The van der Waals surface area contributed by atoms with Gasteiger partial charge in [-0.05, 0) is 55.0 Å². The summed E-state index contributed by atoms with van der Waals surface area (Å²) in [6.45, 7) is 3.90. The highest BCUT2D eigenvalue weighted by Crippen LogP contribution is 2.31. The van der Waals surface area contributed by atoms with Crippen molar-refractivity contribution in [3.05, 3.63) is 59.7 Å². The number of carbonyl (C=O) groups excluding carboxylic acids is 2. The molecule has 0 saturated carbocycles. The third-order valence-corrected chi connectivity index (χ3v) is 6.49. The predicted octanol–water partition coefficient (Wildman–Crippen LogP) is 4.19. The summed E-state index contributed by atoms with van der Waals surface area (Å²) >= 11 is 1.06. The fraction of sp³-hybridized carbons (Fsp3) is 0.391. The van der Waals surface area contributed by atoms with Gasteiger partial charge in [-0.1, -0.05) is 49.0 Å². The number of rotatable bonds is 7. The number of hydrogen-bond acceptors (Lipinski definition) is 5. The number of thioether (sulfide) groups is 1. The number of nitrogens with one attached hydrogen (secondary N) is 1. The van der Waals surface area contributed by atoms with E-state index in [4.69, 9.17) is 4.74 Å². The molecule has 2 unspecified atom stereocenters. The number of para-hydroxylation sites is 1. The number of ether oxygens (including phenoxy) is 1. The molecule has 2 aliphatic rings. The number of imide groups is 1. The lowest BCUT2D eigenvalue weighted by Crippen LogP contribution is -2.43. The molecule has 1 saturated heterocycles. The van der Waals surface area contributed by atoms with E-state index >= 15 is 0 Å². The predicted molar refractivity (Wildman–Crippen MR) is 117 cm³/mol. The van der Waals surface area contributed by atoms with Crippen molar-refractivity contribution in [3.63, 3.8) is 0 Å². The molecule has 2 aromatic carbocycles. The molecule has 2 aromatic rings. The van der Waals surface area contributed by atoms with Crippen LogP contribution in [0.1, 0.15) is 30.9 Å². The number of carbonyl (C=O) groups is 2. The first-order valence-electron chi connectivity index (χ1n) is 10.2. The summed E-state index contributed by atoms with van der Waals surface area (Å²) in [7, 11) is 0. The van der Waals surface area contributed by atoms with Crippen molar-refractivity contribution in [1.82, 2.24) is 5.32 Å². The molecular formula is C23H26N2O3S. The van der Waals surface area contributed by atoms with E-state index in [2.05, 4.69) is 41.4 Å². The molecule has 0 aromatic heterocycles. The van der Waals surface area contributed by atoms with Gasteiger partial charge in [-0.2, -0.15) is 0 Å². The van der Waals surface area contributed by atoms with Crippen LogP contribution in [0, 0.1) is 0 Å². The first-order valence-corrected chi connectivity index (χ1v) is 11.1. The van der Waals surface area contributed by atoms with E-state index in [0.717, 1.165) is 48.9 Å². The number of hydrogen-bond donors (Lipinski definition) is 1. The molecule has 0 aliphatic carbocycles. The van der Waals surface area contributed by atoms with Gasteiger partial charge in [-0.15, -0.1) is 0 Å². The molecule has 2 heterocycles. The fourth-order valence-electron chi connectivity index (χ4n) is 4.05. The van der Waals surface area contributed by atoms with Gasteiger partial charge >= 0.3 is 0 Å². The maximum atomic E-state index is 11.7. The van der Waals surface area contributed by atoms with Gasteiger partial charge < -0.3 is 9.64 Å². The molecule has 29 heavy (non-hydrogen) atoms. The maximum Gasteiger partial charge on any atom is 0.286 e. The summed E-state index contributed by atoms with van der Waals surface area (Å²) in [5, 5.41) is 1.74. The summed E-state index contributed by atoms with van der Waals surface area (Å²) < 4.78 is 6.12. The van der Waals surface area contributed by atoms with Crippen LogP contribution in [0.5, 0.6) is 5.75 Å². The van der Waals surface area contributed by atoms with Crippen molar-refractivity contribution < 1.29 is 14.3 Å². The van der Waals surface area contributed by atoms with Crippen molar-refractivity contribution in [3.8, 4) is 5.75 Å². The van der Waals surface area contributed by atoms with Gasteiger partial charge in [0, 0.05) is 12.2 Å². The van der Waals surface area contributed by atoms with E-state index in [-0.39, 0.29) is 16.4 Å². The smallest absolute Gasteiger partial charge is 0.286 e. The lowest BCUT2D eigenvalue weighted by atomic mass is 9.96. The molecule has 152 valence electrons. The number of nitrogens with zero attached hydrogens (tertiary/aromatic N) is 1. The highest BCUT2D eigenvalue weighted by molar-refractivity contribution is 8.15. The average molecular weight is 411 g/mol. The Morgan fingerprint density at radius 2 is 1.93 bits per heavy atom. The second kappa shape index (κ2) is 8.91. The minimum Gasteiger partial charge on any atom is -0.491 e. The fourth-order valence-corrected chi connectivity index (χ4v) is 4.91. The first kappa shape index (κ1) is 19.8. The van der Waals surface area contributed by atoms with Crippen LogP contribution in [0.4, 0.5) is 10.5 Å². The molecule has 1 N–H and O–H groups in total. The average Bonchev–Trinajstić information content (AvgIpc) is 3.05. The molecule has 2 aliphatic heterocycles. The van der Waals surface area contributed by atoms with Crippen LogP contribution < -0.4 is 15.0 Å². The molecule has 2 atom stereocenters. The van der Waals surface area contributed by atoms with E-state index in [1.165, 1.54) is 11.3 Å². The molecule has 0 bridgehead atoms. The zero-order chi connectivity index (χ0) is 20.2. The number of aryl methyl sites for hydroxylation is 1. The van der Waals surface area contributed by atoms with Crippen molar-refractivity contribution >= 4 is 28.6 Å². The van der Waals surface area contributed by atoms with Gasteiger partial charge in [0.05, 0.1) is 11.3 Å². The molecule has 2 amide bonds. The summed E-state index contributed by atoms with van der Waals surface area (Å²) in [5.41, 5.74) is 3.79. The molecular weight excluding hydrogens is 384 g/mol. The monoisotopic (exact) mass is 410 g/mol. The van der Waals surface area contributed by atoms with E-state index in [0.29, 0.717) is 19.1 Å². The number of amides is 2. The minimum atomic E-state index is -0.334. The van der Waals surface area contributed by atoms with Crippen molar-refractivity contribution in [2.24, 2.45) is 0 Å². The van der Waals surface area contributed by atoms with Gasteiger partial charge in [0.15, 0.2) is 0 Å². The summed E-state index contributed by atoms with van der Waals surface area (Å²) in [6, 6.07) is 16.9. The van der Waals surface area contributed by atoms with E-state index in [1.807, 2.05) is 24.3 Å². The standard InChI is InChI=1S/C23H26N2O3S/c1-2-13-25-18(10-9-17-5-3-4-6-20(17)25)15-28-19-11-7-16(8-12-19)14-21-22(26)24-23(27)29-21/h3-8,11-12,18,21H,2,9-10,13-15H2,1H3,(H,24,26,27). The largest absolute Gasteiger partial charge is 0.491 e. The van der Waals surface area contributed by atoms with E-state index in [9.17, 15) is 9.59 Å². The maximum absolute atomic E-state index is 11.7. The Balaban J connectivity index is 1.36. The minimum absolute atomic E-state index is 0.200. The Morgan fingerprint density at radius 1 is 1.14 bits per heavy atom. The molecule has 0 radical (unpaired) electrons. The van der Waals surface area contributed by atoms with E-state index < -0.39 is 0 Å². The third-order valence-electron chi connectivity index (χ3n) is 5.51. The van der Waals surface area contributed by atoms with Crippen molar-refractivity contribution in [2.45, 2.75) is 43.9 Å². The highest BCUT2D eigenvalue weighted by atomic mass is 32.2. The van der Waals surface area contributed by atoms with Gasteiger partial charge in [-0.25, -0.2) is 0 Å². The molecule has 6 heteroatoms. The van der Waals surface area contributed by atoms with Crippen LogP contribution in [-0.2, 0) is 17.6 Å². The zero-order valence-electron chi connectivity index (χ0n) is 16.6. The van der Waals surface area contributed by atoms with Crippen LogP contribution in [0.25, 0.3) is 0 Å². The van der Waals surface area contributed by atoms with Crippen molar-refractivity contribution in [2.75, 3.05) is 18.1 Å². The molecule has 5 nitrogen and oxygen atoms in total. The van der Waals surface area contributed by atoms with Crippen LogP contribution in [0.2, 0.25) is 0 Å². The third kappa shape index (κ3) is 4.58. The van der Waals surface area contributed by atoms with Crippen molar-refractivity contribution in [1.29, 1.82) is 0 Å². The summed E-state index contributed by atoms with van der Waals surface area (Å²) in [6.07, 6.45) is 3.83. The van der Waals surface area contributed by atoms with Crippen LogP contribution >= 0.6 is 11.8 Å². The zero-order valence-corrected chi connectivity index (χ0v) is 17.4.